The Hall–Kier alpha value is -1.52. The van der Waals surface area contributed by atoms with Crippen molar-refractivity contribution in [3.8, 4) is 10.6 Å². The lowest BCUT2D eigenvalue weighted by Gasteiger charge is -2.07. The maximum Gasteiger partial charge on any atom is 0.124 e. The second kappa shape index (κ2) is 10.5. The van der Waals surface area contributed by atoms with Gasteiger partial charge in [-0.15, -0.1) is 11.3 Å². The van der Waals surface area contributed by atoms with Crippen molar-refractivity contribution in [3.63, 3.8) is 0 Å². The molecule has 1 aliphatic rings. The highest BCUT2D eigenvalue weighted by Gasteiger charge is 2.06. The predicted octanol–water partition coefficient (Wildman–Crippen LogP) is 5.53. The van der Waals surface area contributed by atoms with E-state index in [4.69, 9.17) is 4.98 Å². The van der Waals surface area contributed by atoms with E-state index in [2.05, 4.69) is 68.0 Å². The lowest BCUT2D eigenvalue weighted by Crippen LogP contribution is -2.19. The van der Waals surface area contributed by atoms with E-state index in [0.29, 0.717) is 0 Å². The van der Waals surface area contributed by atoms with Crippen LogP contribution in [0.15, 0.2) is 30.4 Å². The van der Waals surface area contributed by atoms with Gasteiger partial charge in [-0.3, -0.25) is 0 Å². The Morgan fingerprint density at radius 2 is 2.04 bits per heavy atom. The van der Waals surface area contributed by atoms with E-state index >= 15 is 0 Å². The monoisotopic (exact) mass is 372 g/mol. The molecule has 25 heavy (non-hydrogen) atoms. The molecule has 0 spiro atoms. The molecular formula is C21H28N2S2. The summed E-state index contributed by atoms with van der Waals surface area (Å²) in [5.41, 5.74) is 3.61. The molecule has 0 radical (unpaired) electrons. The van der Waals surface area contributed by atoms with Crippen molar-refractivity contribution >= 4 is 41.1 Å². The summed E-state index contributed by atoms with van der Waals surface area (Å²) in [5, 5.41) is 2.18. The molecule has 1 aromatic carbocycles. The van der Waals surface area contributed by atoms with E-state index in [9.17, 15) is 0 Å². The van der Waals surface area contributed by atoms with Gasteiger partial charge in [0.15, 0.2) is 0 Å². The summed E-state index contributed by atoms with van der Waals surface area (Å²) in [6.07, 6.45) is 15.7. The van der Waals surface area contributed by atoms with Crippen molar-refractivity contribution in [1.29, 1.82) is 0 Å². The zero-order chi connectivity index (χ0) is 18.1. The van der Waals surface area contributed by atoms with E-state index < -0.39 is 0 Å². The zero-order valence-corrected chi connectivity index (χ0v) is 17.3. The Kier molecular flexibility index (Phi) is 8.29. The molecule has 2 nitrogen and oxygen atoms in total. The molecule has 0 saturated carbocycles. The summed E-state index contributed by atoms with van der Waals surface area (Å²) >= 11 is 3.38. The van der Waals surface area contributed by atoms with Crippen molar-refractivity contribution in [2.75, 3.05) is 11.0 Å². The number of aromatic nitrogens is 1. The minimum atomic E-state index is 0.987. The fourth-order valence-corrected chi connectivity index (χ4v) is 3.96. The van der Waals surface area contributed by atoms with Crippen LogP contribution in [-0.4, -0.2) is 11.2 Å². The summed E-state index contributed by atoms with van der Waals surface area (Å²) < 4.78 is 4.56. The molecular weight excluding hydrogens is 344 g/mol. The summed E-state index contributed by atoms with van der Waals surface area (Å²) in [6.45, 7) is 6.55. The quantitative estimate of drug-likeness (QED) is 0.699. The lowest BCUT2D eigenvalue weighted by atomic mass is 10.1. The van der Waals surface area contributed by atoms with Crippen LogP contribution in [0.5, 0.6) is 0 Å². The van der Waals surface area contributed by atoms with Crippen LogP contribution >= 0.6 is 23.3 Å². The van der Waals surface area contributed by atoms with Crippen molar-refractivity contribution < 1.29 is 0 Å². The fraction of sp³-hybridized carbons (Fsp3) is 0.381. The van der Waals surface area contributed by atoms with Gasteiger partial charge >= 0.3 is 0 Å². The van der Waals surface area contributed by atoms with E-state index in [-0.39, 0.29) is 0 Å². The van der Waals surface area contributed by atoms with Gasteiger partial charge in [0.1, 0.15) is 5.01 Å². The molecule has 0 amide bonds. The van der Waals surface area contributed by atoms with Crippen LogP contribution in [0.25, 0.3) is 22.7 Å². The fourth-order valence-electron chi connectivity index (χ4n) is 2.52. The molecule has 0 unspecified atom stereocenters. The predicted molar refractivity (Wildman–Crippen MR) is 117 cm³/mol. The van der Waals surface area contributed by atoms with E-state index in [1.165, 1.54) is 40.6 Å². The Balaban J connectivity index is 0.000000399. The molecule has 4 heteroatoms. The number of nitrogens with zero attached hydrogens (tertiary/aromatic N) is 1. The Bertz CT molecular complexity index is 817. The number of aryl methyl sites for hydroxylation is 1. The number of fused-ring (bicyclic) bond motifs is 1. The van der Waals surface area contributed by atoms with Gasteiger partial charge in [0.25, 0.3) is 0 Å². The number of thiazole rings is 1. The van der Waals surface area contributed by atoms with E-state index in [1.807, 2.05) is 6.26 Å². The largest absolute Gasteiger partial charge is 0.330 e. The first kappa shape index (κ1) is 19.8. The Morgan fingerprint density at radius 1 is 1.24 bits per heavy atom. The second-order valence-electron chi connectivity index (χ2n) is 5.99. The van der Waals surface area contributed by atoms with Crippen molar-refractivity contribution in [3.05, 3.63) is 45.8 Å². The number of allylic oxidation sites excluding steroid dienone is 2. The minimum absolute atomic E-state index is 0.987. The van der Waals surface area contributed by atoms with Gasteiger partial charge in [-0.25, -0.2) is 4.98 Å². The number of anilines is 1. The maximum atomic E-state index is 4.75. The van der Waals surface area contributed by atoms with Crippen LogP contribution in [0.1, 0.15) is 45.1 Å². The van der Waals surface area contributed by atoms with Gasteiger partial charge in [-0.05, 0) is 43.2 Å². The highest BCUT2D eigenvalue weighted by molar-refractivity contribution is 7.99. The first-order valence-corrected chi connectivity index (χ1v) is 11.0. The smallest absolute Gasteiger partial charge is 0.124 e. The second-order valence-corrected chi connectivity index (χ2v) is 7.64. The molecule has 2 aromatic rings. The van der Waals surface area contributed by atoms with Gasteiger partial charge in [0.05, 0.1) is 9.88 Å². The van der Waals surface area contributed by atoms with E-state index in [0.717, 1.165) is 16.8 Å². The number of unbranched alkanes of at least 4 members (excludes halogenated alkanes) is 2. The van der Waals surface area contributed by atoms with Gasteiger partial charge in [0, 0.05) is 17.5 Å². The first-order chi connectivity index (χ1) is 12.2. The molecule has 1 N–H and O–H groups in total. The molecule has 134 valence electrons. The van der Waals surface area contributed by atoms with Crippen LogP contribution in [0.4, 0.5) is 5.69 Å². The van der Waals surface area contributed by atoms with Crippen LogP contribution in [0.2, 0.25) is 0 Å². The van der Waals surface area contributed by atoms with Crippen LogP contribution in [0, 0.1) is 6.92 Å². The number of nitrogens with one attached hydrogen (secondary N) is 1. The van der Waals surface area contributed by atoms with Crippen molar-refractivity contribution in [2.45, 2.75) is 46.5 Å². The summed E-state index contributed by atoms with van der Waals surface area (Å²) in [6, 6.07) is 6.47. The third kappa shape index (κ3) is 5.75. The summed E-state index contributed by atoms with van der Waals surface area (Å²) in [4.78, 5) is 4.75. The Morgan fingerprint density at radius 3 is 2.68 bits per heavy atom. The molecule has 0 atom stereocenters. The van der Waals surface area contributed by atoms with Crippen LogP contribution in [-0.2, 0) is 0 Å². The van der Waals surface area contributed by atoms with Gasteiger partial charge < -0.3 is 4.72 Å². The van der Waals surface area contributed by atoms with Gasteiger partial charge in [0.2, 0.25) is 0 Å². The number of hydrogen-bond donors (Lipinski definition) is 1. The topological polar surface area (TPSA) is 24.9 Å². The third-order valence-corrected chi connectivity index (χ3v) is 5.44. The van der Waals surface area contributed by atoms with Crippen LogP contribution in [0.3, 0.4) is 0 Å². The highest BCUT2D eigenvalue weighted by Crippen LogP contribution is 2.25. The van der Waals surface area contributed by atoms with Gasteiger partial charge in [-0.1, -0.05) is 63.3 Å². The van der Waals surface area contributed by atoms with E-state index in [1.54, 1.807) is 23.3 Å². The molecule has 0 fully saturated rings. The minimum Gasteiger partial charge on any atom is -0.330 e. The van der Waals surface area contributed by atoms with Crippen molar-refractivity contribution in [2.24, 2.45) is 0 Å². The van der Waals surface area contributed by atoms with Gasteiger partial charge in [-0.2, -0.15) is 0 Å². The summed E-state index contributed by atoms with van der Waals surface area (Å²) in [7, 11) is 0. The highest BCUT2D eigenvalue weighted by atomic mass is 32.2. The van der Waals surface area contributed by atoms with Crippen molar-refractivity contribution in [1.82, 2.24) is 4.98 Å². The number of benzene rings is 1. The maximum absolute atomic E-state index is 4.75. The molecule has 0 saturated heterocycles. The first-order valence-electron chi connectivity index (χ1n) is 8.93. The average molecular weight is 373 g/mol. The SMILES string of the molecule is CCCCC.CSNc1ccc(-c2nc3c(s2)=CCC=CC=3)cc1C. The number of rotatable bonds is 5. The summed E-state index contributed by atoms with van der Waals surface area (Å²) in [5.74, 6) is 0. The Labute approximate surface area is 159 Å². The molecule has 0 bridgehead atoms. The third-order valence-electron chi connectivity index (χ3n) is 3.90. The average Bonchev–Trinajstić information content (AvgIpc) is 2.89. The molecule has 1 aromatic heterocycles. The normalized spacial score (nSPS) is 12.2. The molecule has 1 heterocycles. The molecule has 3 rings (SSSR count). The number of hydrogen-bond acceptors (Lipinski definition) is 4. The van der Waals surface area contributed by atoms with Crippen LogP contribution < -0.4 is 14.6 Å². The molecule has 0 aliphatic heterocycles. The standard InChI is InChI=1S/C16H16N2S2.C5H12/c1-11-10-12(8-9-13(11)18-19-2)16-17-14-6-4-3-5-7-15(14)20-16;1-3-5-4-2/h3-4,6-10,18H,5H2,1-2H3;3-5H2,1-2H3. The molecule has 1 aliphatic carbocycles. The zero-order valence-electron chi connectivity index (χ0n) is 15.6. The lowest BCUT2D eigenvalue weighted by molar-refractivity contribution is 0.772.